The standard InChI is InChI=1S/C13H22N4O3/c1-16(4-6-19-2)11-7-13(18)17(15-8-11)10-12-9-14-3-5-20-12/h7-8,12,14H,3-6,9-10H2,1-2H3. The molecule has 7 nitrogen and oxygen atoms in total. The fourth-order valence-electron chi connectivity index (χ4n) is 2.06. The molecule has 0 bridgehead atoms. The minimum absolute atomic E-state index is 0.00557. The second kappa shape index (κ2) is 7.37. The summed E-state index contributed by atoms with van der Waals surface area (Å²) in [5.74, 6) is 0. The van der Waals surface area contributed by atoms with E-state index in [1.165, 1.54) is 4.68 Å². The Kier molecular flexibility index (Phi) is 5.51. The van der Waals surface area contributed by atoms with Gasteiger partial charge in [0.2, 0.25) is 0 Å². The lowest BCUT2D eigenvalue weighted by Crippen LogP contribution is -2.42. The predicted octanol–water partition coefficient (Wildman–Crippen LogP) is -0.686. The average molecular weight is 282 g/mol. The molecular weight excluding hydrogens is 260 g/mol. The summed E-state index contributed by atoms with van der Waals surface area (Å²) in [5.41, 5.74) is 0.687. The Bertz CT molecular complexity index is 471. The van der Waals surface area contributed by atoms with E-state index in [4.69, 9.17) is 9.47 Å². The van der Waals surface area contributed by atoms with Crippen molar-refractivity contribution in [3.8, 4) is 0 Å². The topological polar surface area (TPSA) is 68.6 Å². The van der Waals surface area contributed by atoms with Gasteiger partial charge in [-0.15, -0.1) is 0 Å². The van der Waals surface area contributed by atoms with Gasteiger partial charge in [-0.2, -0.15) is 5.10 Å². The number of nitrogens with one attached hydrogen (secondary N) is 1. The fraction of sp³-hybridized carbons (Fsp3) is 0.692. The van der Waals surface area contributed by atoms with Crippen LogP contribution in [0.25, 0.3) is 0 Å². The van der Waals surface area contributed by atoms with Crippen LogP contribution >= 0.6 is 0 Å². The number of hydrogen-bond acceptors (Lipinski definition) is 6. The molecule has 0 spiro atoms. The summed E-state index contributed by atoms with van der Waals surface area (Å²) in [4.78, 5) is 14.0. The molecule has 1 N–H and O–H groups in total. The molecule has 112 valence electrons. The van der Waals surface area contributed by atoms with Gasteiger partial charge in [0, 0.05) is 39.9 Å². The van der Waals surface area contributed by atoms with E-state index >= 15 is 0 Å². The number of nitrogens with zero attached hydrogens (tertiary/aromatic N) is 3. The number of methoxy groups -OCH3 is 1. The van der Waals surface area contributed by atoms with Crippen molar-refractivity contribution < 1.29 is 9.47 Å². The van der Waals surface area contributed by atoms with Crippen LogP contribution in [0.1, 0.15) is 0 Å². The molecule has 2 heterocycles. The van der Waals surface area contributed by atoms with Crippen molar-refractivity contribution in [1.29, 1.82) is 0 Å². The quantitative estimate of drug-likeness (QED) is 0.745. The summed E-state index contributed by atoms with van der Waals surface area (Å²) >= 11 is 0. The lowest BCUT2D eigenvalue weighted by molar-refractivity contribution is 0.0153. The van der Waals surface area contributed by atoms with Gasteiger partial charge in [0.25, 0.3) is 5.56 Å². The lowest BCUT2D eigenvalue weighted by Gasteiger charge is -2.24. The van der Waals surface area contributed by atoms with Crippen LogP contribution in [0, 0.1) is 0 Å². The average Bonchev–Trinajstić information content (AvgIpc) is 2.48. The molecule has 0 saturated carbocycles. The predicted molar refractivity (Wildman–Crippen MR) is 76.3 cm³/mol. The summed E-state index contributed by atoms with van der Waals surface area (Å²) in [6, 6.07) is 1.60. The molecule has 1 aliphatic heterocycles. The molecule has 1 fully saturated rings. The van der Waals surface area contributed by atoms with Gasteiger partial charge in [0.05, 0.1) is 37.7 Å². The van der Waals surface area contributed by atoms with E-state index in [1.807, 2.05) is 11.9 Å². The van der Waals surface area contributed by atoms with E-state index < -0.39 is 0 Å². The fourth-order valence-corrected chi connectivity index (χ4v) is 2.06. The third kappa shape index (κ3) is 4.03. The van der Waals surface area contributed by atoms with Gasteiger partial charge in [0.15, 0.2) is 0 Å². The highest BCUT2D eigenvalue weighted by atomic mass is 16.5. The van der Waals surface area contributed by atoms with E-state index in [1.54, 1.807) is 19.4 Å². The van der Waals surface area contributed by atoms with Gasteiger partial charge < -0.3 is 19.7 Å². The molecule has 0 radical (unpaired) electrons. The van der Waals surface area contributed by atoms with E-state index in [0.29, 0.717) is 19.8 Å². The van der Waals surface area contributed by atoms with Crippen LogP contribution in [0.15, 0.2) is 17.1 Å². The summed E-state index contributed by atoms with van der Waals surface area (Å²) < 4.78 is 12.0. The maximum Gasteiger partial charge on any atom is 0.268 e. The van der Waals surface area contributed by atoms with Crippen LogP contribution < -0.4 is 15.8 Å². The van der Waals surface area contributed by atoms with Gasteiger partial charge in [0.1, 0.15) is 0 Å². The minimum atomic E-state index is -0.110. The lowest BCUT2D eigenvalue weighted by atomic mass is 10.3. The van der Waals surface area contributed by atoms with Crippen molar-refractivity contribution >= 4 is 5.69 Å². The maximum absolute atomic E-state index is 12.1. The van der Waals surface area contributed by atoms with E-state index in [-0.39, 0.29) is 11.7 Å². The molecule has 0 aliphatic carbocycles. The first-order chi connectivity index (χ1) is 9.70. The van der Waals surface area contributed by atoms with Crippen molar-refractivity contribution in [2.24, 2.45) is 0 Å². The van der Waals surface area contributed by atoms with Crippen LogP contribution in [0.5, 0.6) is 0 Å². The Morgan fingerprint density at radius 3 is 3.15 bits per heavy atom. The molecule has 1 aromatic rings. The molecule has 0 aromatic carbocycles. The zero-order valence-corrected chi connectivity index (χ0v) is 12.0. The second-order valence-electron chi connectivity index (χ2n) is 4.85. The maximum atomic E-state index is 12.1. The number of likely N-dealkylation sites (N-methyl/N-ethyl adjacent to an activating group) is 1. The molecule has 20 heavy (non-hydrogen) atoms. The van der Waals surface area contributed by atoms with Gasteiger partial charge >= 0.3 is 0 Å². The van der Waals surface area contributed by atoms with Crippen molar-refractivity contribution in [2.45, 2.75) is 12.6 Å². The molecule has 0 amide bonds. The molecule has 1 aliphatic rings. The molecule has 2 rings (SSSR count). The number of rotatable bonds is 6. The van der Waals surface area contributed by atoms with Crippen molar-refractivity contribution in [1.82, 2.24) is 15.1 Å². The largest absolute Gasteiger partial charge is 0.383 e. The van der Waals surface area contributed by atoms with Crippen molar-refractivity contribution in [3.05, 3.63) is 22.6 Å². The minimum Gasteiger partial charge on any atom is -0.383 e. The Balaban J connectivity index is 1.99. The highest BCUT2D eigenvalue weighted by molar-refractivity contribution is 5.41. The first-order valence-electron chi connectivity index (χ1n) is 6.80. The number of aromatic nitrogens is 2. The Labute approximate surface area is 118 Å². The molecule has 1 aromatic heterocycles. The normalized spacial score (nSPS) is 19.0. The molecular formula is C13H22N4O3. The Morgan fingerprint density at radius 2 is 2.50 bits per heavy atom. The first-order valence-corrected chi connectivity index (χ1v) is 6.80. The Morgan fingerprint density at radius 1 is 1.65 bits per heavy atom. The zero-order chi connectivity index (χ0) is 14.4. The SMILES string of the molecule is COCCN(C)c1cnn(CC2CNCCO2)c(=O)c1. The number of morpholine rings is 1. The third-order valence-electron chi connectivity index (χ3n) is 3.31. The van der Waals surface area contributed by atoms with Crippen molar-refractivity contribution in [3.63, 3.8) is 0 Å². The summed E-state index contributed by atoms with van der Waals surface area (Å²) in [7, 11) is 3.57. The van der Waals surface area contributed by atoms with E-state index in [2.05, 4.69) is 10.4 Å². The van der Waals surface area contributed by atoms with Crippen LogP contribution in [-0.2, 0) is 16.0 Å². The van der Waals surface area contributed by atoms with Crippen LogP contribution in [0.2, 0.25) is 0 Å². The third-order valence-corrected chi connectivity index (χ3v) is 3.31. The van der Waals surface area contributed by atoms with Gasteiger partial charge in [-0.25, -0.2) is 4.68 Å². The summed E-state index contributed by atoms with van der Waals surface area (Å²) in [5, 5.41) is 7.45. The monoisotopic (exact) mass is 282 g/mol. The van der Waals surface area contributed by atoms with Crippen LogP contribution in [0.4, 0.5) is 5.69 Å². The van der Waals surface area contributed by atoms with Crippen LogP contribution in [-0.4, -0.2) is 62.9 Å². The van der Waals surface area contributed by atoms with Gasteiger partial charge in [-0.3, -0.25) is 4.79 Å². The number of hydrogen-bond donors (Lipinski definition) is 1. The molecule has 7 heteroatoms. The highest BCUT2D eigenvalue weighted by Crippen LogP contribution is 2.07. The molecule has 1 atom stereocenters. The summed E-state index contributed by atoms with van der Waals surface area (Å²) in [6.07, 6.45) is 1.71. The number of ether oxygens (including phenoxy) is 2. The highest BCUT2D eigenvalue weighted by Gasteiger charge is 2.15. The zero-order valence-electron chi connectivity index (χ0n) is 12.0. The molecule has 1 unspecified atom stereocenters. The molecule has 1 saturated heterocycles. The van der Waals surface area contributed by atoms with Gasteiger partial charge in [-0.05, 0) is 0 Å². The Hall–Kier alpha value is -1.44. The smallest absolute Gasteiger partial charge is 0.268 e. The summed E-state index contributed by atoms with van der Waals surface area (Å²) in [6.45, 7) is 4.11. The van der Waals surface area contributed by atoms with E-state index in [0.717, 1.165) is 25.3 Å². The second-order valence-corrected chi connectivity index (χ2v) is 4.85. The van der Waals surface area contributed by atoms with E-state index in [9.17, 15) is 4.79 Å². The number of anilines is 1. The van der Waals surface area contributed by atoms with Crippen LogP contribution in [0.3, 0.4) is 0 Å². The van der Waals surface area contributed by atoms with Crippen molar-refractivity contribution in [2.75, 3.05) is 51.9 Å². The van der Waals surface area contributed by atoms with Gasteiger partial charge in [-0.1, -0.05) is 0 Å². The first kappa shape index (κ1) is 15.0.